The molecule has 0 saturated carbocycles. The average molecular weight is 398 g/mol. The number of nitrogens with zero attached hydrogens (tertiary/aromatic N) is 1. The van der Waals surface area contributed by atoms with Gasteiger partial charge in [0.25, 0.3) is 0 Å². The van der Waals surface area contributed by atoms with Crippen LogP contribution in [0.5, 0.6) is 5.75 Å². The van der Waals surface area contributed by atoms with E-state index in [4.69, 9.17) is 4.74 Å². The van der Waals surface area contributed by atoms with Gasteiger partial charge in [-0.05, 0) is 41.8 Å². The molecular weight excluding hydrogens is 371 g/mol. The standard InChI is InChI=1S/C23H27FN2O3/c1-3-4-12-26-21(27)14-20(22(26)17-8-10-19(29-2)11-9-17)23(28)25-15-16-6-5-7-18(24)13-16/h5-11,13,20,22H,3-4,12,14-15H2,1-2H3,(H,25,28). The number of nitrogens with one attached hydrogen (secondary N) is 1. The zero-order valence-corrected chi connectivity index (χ0v) is 16.9. The highest BCUT2D eigenvalue weighted by molar-refractivity contribution is 5.90. The molecule has 0 spiro atoms. The maximum atomic E-state index is 13.4. The van der Waals surface area contributed by atoms with Gasteiger partial charge >= 0.3 is 0 Å². The highest BCUT2D eigenvalue weighted by atomic mass is 19.1. The molecule has 0 bridgehead atoms. The van der Waals surface area contributed by atoms with E-state index in [0.29, 0.717) is 12.1 Å². The number of methoxy groups -OCH3 is 1. The summed E-state index contributed by atoms with van der Waals surface area (Å²) in [5, 5.41) is 2.88. The third kappa shape index (κ3) is 4.94. The molecule has 6 heteroatoms. The van der Waals surface area contributed by atoms with Crippen molar-refractivity contribution in [3.63, 3.8) is 0 Å². The minimum absolute atomic E-state index is 0.00910. The molecule has 3 rings (SSSR count). The first-order chi connectivity index (χ1) is 14.0. The van der Waals surface area contributed by atoms with Crippen molar-refractivity contribution < 1.29 is 18.7 Å². The Morgan fingerprint density at radius 1 is 1.24 bits per heavy atom. The molecule has 1 heterocycles. The van der Waals surface area contributed by atoms with E-state index in [9.17, 15) is 14.0 Å². The number of halogens is 1. The maximum Gasteiger partial charge on any atom is 0.226 e. The number of carbonyl (C=O) groups excluding carboxylic acids is 2. The molecule has 1 aliphatic rings. The van der Waals surface area contributed by atoms with Gasteiger partial charge in [-0.25, -0.2) is 4.39 Å². The van der Waals surface area contributed by atoms with Crippen LogP contribution in [0.1, 0.15) is 43.4 Å². The Morgan fingerprint density at radius 2 is 2.00 bits per heavy atom. The number of hydrogen-bond donors (Lipinski definition) is 1. The summed E-state index contributed by atoms with van der Waals surface area (Å²) in [6.45, 7) is 2.93. The predicted molar refractivity (Wildman–Crippen MR) is 109 cm³/mol. The van der Waals surface area contributed by atoms with Gasteiger partial charge in [-0.15, -0.1) is 0 Å². The normalized spacial score (nSPS) is 18.7. The largest absolute Gasteiger partial charge is 0.497 e. The van der Waals surface area contributed by atoms with Crippen molar-refractivity contribution in [1.82, 2.24) is 10.2 Å². The van der Waals surface area contributed by atoms with Crippen LogP contribution in [0.15, 0.2) is 48.5 Å². The Morgan fingerprint density at radius 3 is 2.66 bits per heavy atom. The molecular formula is C23H27FN2O3. The van der Waals surface area contributed by atoms with Crippen molar-refractivity contribution in [2.75, 3.05) is 13.7 Å². The average Bonchev–Trinajstić information content (AvgIpc) is 3.06. The molecule has 0 aromatic heterocycles. The highest BCUT2D eigenvalue weighted by Gasteiger charge is 2.44. The Balaban J connectivity index is 1.79. The van der Waals surface area contributed by atoms with Gasteiger partial charge in [-0.3, -0.25) is 9.59 Å². The maximum absolute atomic E-state index is 13.4. The summed E-state index contributed by atoms with van der Waals surface area (Å²) in [5.41, 5.74) is 1.60. The van der Waals surface area contributed by atoms with Crippen molar-refractivity contribution in [3.05, 3.63) is 65.5 Å². The first-order valence-electron chi connectivity index (χ1n) is 9.99. The third-order valence-corrected chi connectivity index (χ3v) is 5.33. The first kappa shape index (κ1) is 20.8. The summed E-state index contributed by atoms with van der Waals surface area (Å²) in [6, 6.07) is 13.3. The Hall–Kier alpha value is -2.89. The van der Waals surface area contributed by atoms with Gasteiger partial charge in [-0.1, -0.05) is 37.6 Å². The van der Waals surface area contributed by atoms with Crippen molar-refractivity contribution in [2.45, 2.75) is 38.8 Å². The summed E-state index contributed by atoms with van der Waals surface area (Å²) in [4.78, 5) is 27.5. The molecule has 1 fully saturated rings. The van der Waals surface area contributed by atoms with Crippen molar-refractivity contribution in [1.29, 1.82) is 0 Å². The van der Waals surface area contributed by atoms with Crippen LogP contribution in [-0.2, 0) is 16.1 Å². The summed E-state index contributed by atoms with van der Waals surface area (Å²) < 4.78 is 18.6. The Bertz CT molecular complexity index is 853. The van der Waals surface area contributed by atoms with E-state index in [1.54, 1.807) is 19.2 Å². The fraction of sp³-hybridized carbons (Fsp3) is 0.391. The van der Waals surface area contributed by atoms with E-state index in [2.05, 4.69) is 12.2 Å². The molecule has 29 heavy (non-hydrogen) atoms. The van der Waals surface area contributed by atoms with Crippen LogP contribution < -0.4 is 10.1 Å². The summed E-state index contributed by atoms with van der Waals surface area (Å²) >= 11 is 0. The van der Waals surface area contributed by atoms with E-state index in [0.717, 1.165) is 24.2 Å². The quantitative estimate of drug-likeness (QED) is 0.735. The predicted octanol–water partition coefficient (Wildman–Crippen LogP) is 3.84. The number of carbonyl (C=O) groups is 2. The van der Waals surface area contributed by atoms with Gasteiger partial charge in [0.15, 0.2) is 0 Å². The van der Waals surface area contributed by atoms with E-state index in [-0.39, 0.29) is 36.6 Å². The van der Waals surface area contributed by atoms with Crippen LogP contribution in [0.2, 0.25) is 0 Å². The minimum atomic E-state index is -0.485. The van der Waals surface area contributed by atoms with Gasteiger partial charge in [0.1, 0.15) is 11.6 Å². The Kier molecular flexibility index (Phi) is 6.86. The van der Waals surface area contributed by atoms with E-state index >= 15 is 0 Å². The number of amides is 2. The fourth-order valence-electron chi connectivity index (χ4n) is 3.80. The monoisotopic (exact) mass is 398 g/mol. The Labute approximate surface area is 170 Å². The van der Waals surface area contributed by atoms with Crippen LogP contribution in [-0.4, -0.2) is 30.4 Å². The zero-order valence-electron chi connectivity index (χ0n) is 16.9. The topological polar surface area (TPSA) is 58.6 Å². The molecule has 0 radical (unpaired) electrons. The lowest BCUT2D eigenvalue weighted by molar-refractivity contribution is -0.129. The smallest absolute Gasteiger partial charge is 0.226 e. The molecule has 154 valence electrons. The summed E-state index contributed by atoms with van der Waals surface area (Å²) in [7, 11) is 1.60. The number of benzene rings is 2. The molecule has 2 amide bonds. The van der Waals surface area contributed by atoms with Crippen LogP contribution in [0.4, 0.5) is 4.39 Å². The van der Waals surface area contributed by atoms with Gasteiger partial charge in [0.05, 0.1) is 19.1 Å². The second kappa shape index (κ2) is 9.54. The number of hydrogen-bond acceptors (Lipinski definition) is 3. The van der Waals surface area contributed by atoms with Gasteiger partial charge in [-0.2, -0.15) is 0 Å². The molecule has 2 aromatic carbocycles. The van der Waals surface area contributed by atoms with Gasteiger partial charge < -0.3 is 15.0 Å². The van der Waals surface area contributed by atoms with Crippen molar-refractivity contribution >= 4 is 11.8 Å². The number of ether oxygens (including phenoxy) is 1. The molecule has 0 aliphatic carbocycles. The molecule has 5 nitrogen and oxygen atoms in total. The van der Waals surface area contributed by atoms with Crippen LogP contribution in [0.25, 0.3) is 0 Å². The third-order valence-electron chi connectivity index (χ3n) is 5.33. The van der Waals surface area contributed by atoms with E-state index in [1.807, 2.05) is 29.2 Å². The van der Waals surface area contributed by atoms with Gasteiger partial charge in [0, 0.05) is 19.5 Å². The fourth-order valence-corrected chi connectivity index (χ4v) is 3.80. The highest BCUT2D eigenvalue weighted by Crippen LogP contribution is 2.39. The molecule has 1 aliphatic heterocycles. The zero-order chi connectivity index (χ0) is 20.8. The first-order valence-corrected chi connectivity index (χ1v) is 9.99. The second-order valence-corrected chi connectivity index (χ2v) is 7.32. The second-order valence-electron chi connectivity index (χ2n) is 7.32. The lowest BCUT2D eigenvalue weighted by Crippen LogP contribution is -2.35. The molecule has 2 atom stereocenters. The lowest BCUT2D eigenvalue weighted by atomic mass is 9.92. The number of rotatable bonds is 8. The van der Waals surface area contributed by atoms with Crippen molar-refractivity contribution in [3.8, 4) is 5.75 Å². The lowest BCUT2D eigenvalue weighted by Gasteiger charge is -2.28. The SMILES string of the molecule is CCCCN1C(=O)CC(C(=O)NCc2cccc(F)c2)C1c1ccc(OC)cc1. The molecule has 2 unspecified atom stereocenters. The van der Waals surface area contributed by atoms with Gasteiger partial charge in [0.2, 0.25) is 11.8 Å². The minimum Gasteiger partial charge on any atom is -0.497 e. The molecule has 1 saturated heterocycles. The summed E-state index contributed by atoms with van der Waals surface area (Å²) in [5.74, 6) is -0.297. The van der Waals surface area contributed by atoms with Crippen molar-refractivity contribution in [2.24, 2.45) is 5.92 Å². The number of likely N-dealkylation sites (tertiary alicyclic amines) is 1. The van der Waals surface area contributed by atoms with E-state index < -0.39 is 5.92 Å². The molecule has 2 aromatic rings. The van der Waals surface area contributed by atoms with Crippen LogP contribution in [0, 0.1) is 11.7 Å². The number of unbranched alkanes of at least 4 members (excludes halogenated alkanes) is 1. The van der Waals surface area contributed by atoms with E-state index in [1.165, 1.54) is 12.1 Å². The summed E-state index contributed by atoms with van der Waals surface area (Å²) in [6.07, 6.45) is 2.03. The van der Waals surface area contributed by atoms with Crippen LogP contribution in [0.3, 0.4) is 0 Å². The van der Waals surface area contributed by atoms with Crippen LogP contribution >= 0.6 is 0 Å². The molecule has 1 N–H and O–H groups in total.